The van der Waals surface area contributed by atoms with E-state index in [0.29, 0.717) is 18.8 Å². The van der Waals surface area contributed by atoms with Gasteiger partial charge < -0.3 is 15.5 Å². The summed E-state index contributed by atoms with van der Waals surface area (Å²) in [4.78, 5) is 22.0. The number of anilines is 1. The lowest BCUT2D eigenvalue weighted by molar-refractivity contribution is 0.194. The Morgan fingerprint density at radius 1 is 0.958 bits per heavy atom. The number of benzene rings is 2. The van der Waals surface area contributed by atoms with Crippen LogP contribution in [0.2, 0.25) is 0 Å². The van der Waals surface area contributed by atoms with E-state index in [0.717, 1.165) is 12.0 Å². The Bertz CT molecular complexity index is 617. The molecule has 2 amide bonds. The van der Waals surface area contributed by atoms with Crippen LogP contribution in [0.1, 0.15) is 12.5 Å². The zero-order valence-corrected chi connectivity index (χ0v) is 13.6. The molecule has 0 atom stereocenters. The lowest BCUT2D eigenvalue weighted by atomic mass is 10.1. The molecule has 0 heterocycles. The summed E-state index contributed by atoms with van der Waals surface area (Å²) >= 11 is 0. The van der Waals surface area contributed by atoms with Gasteiger partial charge in [-0.3, -0.25) is 4.90 Å². The van der Waals surface area contributed by atoms with Gasteiger partial charge in [0.1, 0.15) is 0 Å². The Labute approximate surface area is 141 Å². The average molecular weight is 330 g/mol. The minimum Gasteiger partial charge on any atom is -0.465 e. The first-order valence-corrected chi connectivity index (χ1v) is 7.60. The number of hydrogen-bond acceptors (Lipinski definition) is 2. The van der Waals surface area contributed by atoms with Crippen molar-refractivity contribution in [3.05, 3.63) is 66.2 Å². The molecule has 6 nitrogen and oxygen atoms in total. The molecule has 24 heavy (non-hydrogen) atoms. The third kappa shape index (κ3) is 7.31. The predicted molar refractivity (Wildman–Crippen MR) is 93.7 cm³/mol. The van der Waals surface area contributed by atoms with Crippen molar-refractivity contribution < 1.29 is 19.8 Å². The highest BCUT2D eigenvalue weighted by Crippen LogP contribution is 2.12. The highest BCUT2D eigenvalue weighted by atomic mass is 16.4. The van der Waals surface area contributed by atoms with E-state index in [2.05, 4.69) is 5.32 Å². The summed E-state index contributed by atoms with van der Waals surface area (Å²) in [6.07, 6.45) is -1.14. The Hall–Kier alpha value is -3.02. The second-order valence-electron chi connectivity index (χ2n) is 4.83. The SMILES string of the molecule is CCN(C(=O)O)c1ccccc1.O=C(O)NCCc1ccccc1. The van der Waals surface area contributed by atoms with Crippen molar-refractivity contribution in [1.82, 2.24) is 5.32 Å². The highest BCUT2D eigenvalue weighted by Gasteiger charge is 2.09. The molecule has 2 rings (SSSR count). The van der Waals surface area contributed by atoms with Gasteiger partial charge in [0.2, 0.25) is 0 Å². The summed E-state index contributed by atoms with van der Waals surface area (Å²) < 4.78 is 0. The molecular weight excluding hydrogens is 308 g/mol. The Kier molecular flexibility index (Phi) is 8.45. The summed E-state index contributed by atoms with van der Waals surface area (Å²) in [5, 5.41) is 19.3. The number of rotatable bonds is 5. The van der Waals surface area contributed by atoms with Crippen LogP contribution in [0.15, 0.2) is 60.7 Å². The first kappa shape index (κ1) is 19.0. The zero-order chi connectivity index (χ0) is 17.8. The zero-order valence-electron chi connectivity index (χ0n) is 13.6. The maximum atomic E-state index is 10.7. The molecule has 128 valence electrons. The number of nitrogens with zero attached hydrogens (tertiary/aromatic N) is 1. The van der Waals surface area contributed by atoms with Crippen LogP contribution in [0.25, 0.3) is 0 Å². The molecule has 2 aromatic carbocycles. The second-order valence-corrected chi connectivity index (χ2v) is 4.83. The van der Waals surface area contributed by atoms with Gasteiger partial charge in [0.05, 0.1) is 0 Å². The smallest absolute Gasteiger partial charge is 0.411 e. The van der Waals surface area contributed by atoms with Crippen molar-refractivity contribution in [3.8, 4) is 0 Å². The molecule has 0 saturated carbocycles. The van der Waals surface area contributed by atoms with Crippen LogP contribution < -0.4 is 10.2 Å². The molecule has 0 unspecified atom stereocenters. The van der Waals surface area contributed by atoms with E-state index in [1.54, 1.807) is 19.1 Å². The highest BCUT2D eigenvalue weighted by molar-refractivity contribution is 5.85. The third-order valence-corrected chi connectivity index (χ3v) is 3.15. The maximum absolute atomic E-state index is 10.7. The summed E-state index contributed by atoms with van der Waals surface area (Å²) in [5.41, 5.74) is 1.86. The van der Waals surface area contributed by atoms with Gasteiger partial charge in [-0.05, 0) is 31.0 Å². The molecule has 0 aliphatic heterocycles. The molecule has 0 aromatic heterocycles. The van der Waals surface area contributed by atoms with E-state index in [1.165, 1.54) is 4.90 Å². The quantitative estimate of drug-likeness (QED) is 0.780. The van der Waals surface area contributed by atoms with E-state index < -0.39 is 12.2 Å². The van der Waals surface area contributed by atoms with Gasteiger partial charge in [-0.25, -0.2) is 9.59 Å². The fraction of sp³-hybridized carbons (Fsp3) is 0.222. The van der Waals surface area contributed by atoms with E-state index >= 15 is 0 Å². The number of carbonyl (C=O) groups is 2. The Balaban J connectivity index is 0.000000240. The standard InChI is InChI=1S/2C9H11NO2/c1-2-10(9(11)12)8-6-4-3-5-7-8;11-9(12)10-7-6-8-4-2-1-3-5-8/h3-7H,2H2,1H3,(H,11,12);1-5,10H,6-7H2,(H,11,12). The molecule has 0 saturated heterocycles. The van der Waals surface area contributed by atoms with Crippen LogP contribution in [0.4, 0.5) is 15.3 Å². The normalized spacial score (nSPS) is 9.38. The van der Waals surface area contributed by atoms with Gasteiger partial charge in [0, 0.05) is 18.8 Å². The first-order chi connectivity index (χ1) is 11.5. The Morgan fingerprint density at radius 2 is 1.50 bits per heavy atom. The summed E-state index contributed by atoms with van der Waals surface area (Å²) in [7, 11) is 0. The van der Waals surface area contributed by atoms with E-state index in [-0.39, 0.29) is 0 Å². The van der Waals surface area contributed by atoms with E-state index in [1.807, 2.05) is 48.5 Å². The van der Waals surface area contributed by atoms with Crippen LogP contribution in [-0.4, -0.2) is 35.5 Å². The van der Waals surface area contributed by atoms with E-state index in [9.17, 15) is 9.59 Å². The maximum Gasteiger partial charge on any atom is 0.411 e. The largest absolute Gasteiger partial charge is 0.465 e. The van der Waals surface area contributed by atoms with Crippen molar-refractivity contribution in [1.29, 1.82) is 0 Å². The molecule has 0 spiro atoms. The van der Waals surface area contributed by atoms with Crippen molar-refractivity contribution in [2.45, 2.75) is 13.3 Å². The molecule has 2 aromatic rings. The number of hydrogen-bond donors (Lipinski definition) is 3. The predicted octanol–water partition coefficient (Wildman–Crippen LogP) is 3.69. The number of nitrogens with one attached hydrogen (secondary N) is 1. The molecule has 0 aliphatic rings. The Morgan fingerprint density at radius 3 is 1.96 bits per heavy atom. The number of para-hydroxylation sites is 1. The fourth-order valence-electron chi connectivity index (χ4n) is 1.99. The average Bonchev–Trinajstić information content (AvgIpc) is 2.57. The first-order valence-electron chi connectivity index (χ1n) is 7.60. The third-order valence-electron chi connectivity index (χ3n) is 3.15. The monoisotopic (exact) mass is 330 g/mol. The lowest BCUT2D eigenvalue weighted by Crippen LogP contribution is -2.28. The van der Waals surface area contributed by atoms with Crippen LogP contribution in [0.3, 0.4) is 0 Å². The molecule has 6 heteroatoms. The van der Waals surface area contributed by atoms with Crippen LogP contribution in [0.5, 0.6) is 0 Å². The van der Waals surface area contributed by atoms with Crippen LogP contribution in [0, 0.1) is 0 Å². The van der Waals surface area contributed by atoms with Gasteiger partial charge in [0.15, 0.2) is 0 Å². The van der Waals surface area contributed by atoms with Crippen molar-refractivity contribution in [2.75, 3.05) is 18.0 Å². The number of carboxylic acid groups (broad SMARTS) is 2. The van der Waals surface area contributed by atoms with Gasteiger partial charge in [-0.2, -0.15) is 0 Å². The van der Waals surface area contributed by atoms with Crippen molar-refractivity contribution >= 4 is 17.9 Å². The molecule has 3 N–H and O–H groups in total. The molecule has 0 fully saturated rings. The molecule has 0 aliphatic carbocycles. The molecule has 0 bridgehead atoms. The number of amides is 2. The van der Waals surface area contributed by atoms with Gasteiger partial charge >= 0.3 is 12.2 Å². The molecule has 0 radical (unpaired) electrons. The van der Waals surface area contributed by atoms with Crippen molar-refractivity contribution in [2.24, 2.45) is 0 Å². The van der Waals surface area contributed by atoms with Gasteiger partial charge in [-0.1, -0.05) is 48.5 Å². The topological polar surface area (TPSA) is 89.9 Å². The second kappa shape index (κ2) is 10.7. The van der Waals surface area contributed by atoms with Crippen molar-refractivity contribution in [3.63, 3.8) is 0 Å². The fourth-order valence-corrected chi connectivity index (χ4v) is 1.99. The van der Waals surface area contributed by atoms with Gasteiger partial charge in [-0.15, -0.1) is 0 Å². The summed E-state index contributed by atoms with van der Waals surface area (Å²) in [6.45, 7) is 2.75. The lowest BCUT2D eigenvalue weighted by Gasteiger charge is -2.16. The summed E-state index contributed by atoms with van der Waals surface area (Å²) in [6, 6.07) is 18.8. The van der Waals surface area contributed by atoms with Gasteiger partial charge in [0.25, 0.3) is 0 Å². The van der Waals surface area contributed by atoms with Crippen LogP contribution >= 0.6 is 0 Å². The van der Waals surface area contributed by atoms with Crippen LogP contribution in [-0.2, 0) is 6.42 Å². The minimum absolute atomic E-state index is 0.472. The minimum atomic E-state index is -0.967. The summed E-state index contributed by atoms with van der Waals surface area (Å²) in [5.74, 6) is 0. The molecular formula is C18H22N2O4. The van der Waals surface area contributed by atoms with E-state index in [4.69, 9.17) is 10.2 Å².